The highest BCUT2D eigenvalue weighted by molar-refractivity contribution is 5.76. The highest BCUT2D eigenvalue weighted by Gasteiger charge is 1.96. The molecule has 0 aliphatic carbocycles. The Labute approximate surface area is 80.5 Å². The van der Waals surface area contributed by atoms with E-state index in [9.17, 15) is 9.90 Å². The van der Waals surface area contributed by atoms with Gasteiger partial charge in [-0.15, -0.1) is 0 Å². The monoisotopic (exact) mass is 186 g/mol. The first-order chi connectivity index (χ1) is 6.31. The SMILES string of the molecule is CCCCCCCCNC(=O)C[O]. The summed E-state index contributed by atoms with van der Waals surface area (Å²) in [6, 6.07) is 0. The van der Waals surface area contributed by atoms with Crippen LogP contribution in [0.25, 0.3) is 0 Å². The summed E-state index contributed by atoms with van der Waals surface area (Å²) in [5.41, 5.74) is 0. The van der Waals surface area contributed by atoms with E-state index in [1.54, 1.807) is 0 Å². The van der Waals surface area contributed by atoms with Gasteiger partial charge in [0.25, 0.3) is 0 Å². The zero-order chi connectivity index (χ0) is 9.94. The van der Waals surface area contributed by atoms with Gasteiger partial charge in [-0.2, -0.15) is 0 Å². The van der Waals surface area contributed by atoms with Gasteiger partial charge in [-0.05, 0) is 6.42 Å². The highest BCUT2D eigenvalue weighted by Crippen LogP contribution is 2.03. The molecule has 0 rings (SSSR count). The second-order valence-electron chi connectivity index (χ2n) is 3.26. The van der Waals surface area contributed by atoms with Gasteiger partial charge in [0.15, 0.2) is 6.61 Å². The van der Waals surface area contributed by atoms with Crippen molar-refractivity contribution in [2.24, 2.45) is 0 Å². The number of hydrogen-bond donors (Lipinski definition) is 1. The van der Waals surface area contributed by atoms with Crippen molar-refractivity contribution in [3.05, 3.63) is 0 Å². The average Bonchev–Trinajstić information content (AvgIpc) is 2.16. The second-order valence-corrected chi connectivity index (χ2v) is 3.26. The topological polar surface area (TPSA) is 49.0 Å². The molecular formula is C10H20NO2. The van der Waals surface area contributed by atoms with Crippen molar-refractivity contribution in [1.82, 2.24) is 5.32 Å². The third-order valence-corrected chi connectivity index (χ3v) is 1.98. The van der Waals surface area contributed by atoms with Crippen molar-refractivity contribution >= 4 is 5.91 Å². The van der Waals surface area contributed by atoms with Crippen LogP contribution in [0.1, 0.15) is 45.4 Å². The Bertz CT molecular complexity index is 126. The summed E-state index contributed by atoms with van der Waals surface area (Å²) in [5.74, 6) is -0.381. The summed E-state index contributed by atoms with van der Waals surface area (Å²) in [7, 11) is 0. The molecule has 0 unspecified atom stereocenters. The molecule has 3 nitrogen and oxygen atoms in total. The van der Waals surface area contributed by atoms with Crippen molar-refractivity contribution in [1.29, 1.82) is 0 Å². The molecule has 0 saturated heterocycles. The van der Waals surface area contributed by atoms with E-state index in [2.05, 4.69) is 12.2 Å². The number of amides is 1. The summed E-state index contributed by atoms with van der Waals surface area (Å²) in [6.07, 6.45) is 7.22. The molecule has 1 N–H and O–H groups in total. The van der Waals surface area contributed by atoms with Crippen LogP contribution in [0.5, 0.6) is 0 Å². The molecule has 0 saturated carbocycles. The number of carbonyl (C=O) groups excluding carboxylic acids is 1. The molecule has 13 heavy (non-hydrogen) atoms. The number of unbranched alkanes of at least 4 members (excludes halogenated alkanes) is 5. The van der Waals surface area contributed by atoms with E-state index in [-0.39, 0.29) is 5.91 Å². The Morgan fingerprint density at radius 2 is 1.69 bits per heavy atom. The third kappa shape index (κ3) is 9.34. The first kappa shape index (κ1) is 12.4. The van der Waals surface area contributed by atoms with Crippen LogP contribution in [0.3, 0.4) is 0 Å². The summed E-state index contributed by atoms with van der Waals surface area (Å²) in [6.45, 7) is 2.21. The molecule has 3 heteroatoms. The van der Waals surface area contributed by atoms with Gasteiger partial charge in [0, 0.05) is 6.54 Å². The Morgan fingerprint density at radius 3 is 2.31 bits per heavy atom. The van der Waals surface area contributed by atoms with Crippen LogP contribution in [0, 0.1) is 0 Å². The summed E-state index contributed by atoms with van der Waals surface area (Å²) >= 11 is 0. The van der Waals surface area contributed by atoms with Crippen LogP contribution in [0.2, 0.25) is 0 Å². The number of rotatable bonds is 8. The Hall–Kier alpha value is -0.570. The maximum absolute atomic E-state index is 10.5. The molecule has 1 radical (unpaired) electrons. The van der Waals surface area contributed by atoms with Gasteiger partial charge in [-0.3, -0.25) is 4.79 Å². The minimum atomic E-state index is -0.643. The molecule has 0 aliphatic rings. The predicted molar refractivity (Wildman–Crippen MR) is 51.9 cm³/mol. The largest absolute Gasteiger partial charge is 0.354 e. The first-order valence-corrected chi connectivity index (χ1v) is 5.16. The fraction of sp³-hybridized carbons (Fsp3) is 0.900. The maximum atomic E-state index is 10.5. The molecule has 0 fully saturated rings. The van der Waals surface area contributed by atoms with E-state index in [1.165, 1.54) is 25.7 Å². The summed E-state index contributed by atoms with van der Waals surface area (Å²) < 4.78 is 0. The van der Waals surface area contributed by atoms with Gasteiger partial charge in [-0.1, -0.05) is 39.0 Å². The lowest BCUT2D eigenvalue weighted by atomic mass is 10.1. The standard InChI is InChI=1S/C10H20NO2/c1-2-3-4-5-6-7-8-11-10(13)9-12/h2-9H2,1H3,(H,11,13). The van der Waals surface area contributed by atoms with E-state index in [1.807, 2.05) is 0 Å². The average molecular weight is 186 g/mol. The zero-order valence-electron chi connectivity index (χ0n) is 8.47. The molecule has 0 atom stereocenters. The fourth-order valence-corrected chi connectivity index (χ4v) is 1.18. The molecule has 0 heterocycles. The van der Waals surface area contributed by atoms with Gasteiger partial charge >= 0.3 is 0 Å². The van der Waals surface area contributed by atoms with Crippen LogP contribution in [0.4, 0.5) is 0 Å². The van der Waals surface area contributed by atoms with E-state index in [0.717, 1.165) is 12.8 Å². The molecule has 0 aromatic rings. The molecular weight excluding hydrogens is 166 g/mol. The van der Waals surface area contributed by atoms with Crippen LogP contribution in [-0.2, 0) is 9.90 Å². The van der Waals surface area contributed by atoms with Gasteiger partial charge < -0.3 is 5.32 Å². The van der Waals surface area contributed by atoms with E-state index >= 15 is 0 Å². The Balaban J connectivity index is 2.95. The van der Waals surface area contributed by atoms with Gasteiger partial charge in [0.1, 0.15) is 0 Å². The van der Waals surface area contributed by atoms with Crippen molar-refractivity contribution < 1.29 is 9.90 Å². The van der Waals surface area contributed by atoms with Crippen molar-refractivity contribution in [3.8, 4) is 0 Å². The maximum Gasteiger partial charge on any atom is 0.249 e. The normalized spacial score (nSPS) is 10.0. The zero-order valence-corrected chi connectivity index (χ0v) is 8.47. The van der Waals surface area contributed by atoms with E-state index in [0.29, 0.717) is 6.54 Å². The molecule has 0 aromatic carbocycles. The molecule has 0 aromatic heterocycles. The first-order valence-electron chi connectivity index (χ1n) is 5.16. The van der Waals surface area contributed by atoms with Crippen LogP contribution < -0.4 is 5.32 Å². The lowest BCUT2D eigenvalue weighted by Gasteiger charge is -2.02. The molecule has 0 aliphatic heterocycles. The van der Waals surface area contributed by atoms with Gasteiger partial charge in [0.2, 0.25) is 5.91 Å². The van der Waals surface area contributed by atoms with Gasteiger partial charge in [0.05, 0.1) is 0 Å². The second kappa shape index (κ2) is 9.52. The molecule has 1 amide bonds. The minimum Gasteiger partial charge on any atom is -0.354 e. The van der Waals surface area contributed by atoms with Crippen molar-refractivity contribution in [3.63, 3.8) is 0 Å². The van der Waals surface area contributed by atoms with Crippen LogP contribution in [-0.4, -0.2) is 19.1 Å². The smallest absolute Gasteiger partial charge is 0.249 e. The van der Waals surface area contributed by atoms with Crippen molar-refractivity contribution in [2.45, 2.75) is 45.4 Å². The number of hydrogen-bond acceptors (Lipinski definition) is 1. The predicted octanol–water partition coefficient (Wildman–Crippen LogP) is 1.89. The minimum absolute atomic E-state index is 0.381. The van der Waals surface area contributed by atoms with E-state index < -0.39 is 6.61 Å². The third-order valence-electron chi connectivity index (χ3n) is 1.98. The summed E-state index contributed by atoms with van der Waals surface area (Å²) in [4.78, 5) is 10.5. The summed E-state index contributed by atoms with van der Waals surface area (Å²) in [5, 5.41) is 12.6. The lowest BCUT2D eigenvalue weighted by Crippen LogP contribution is -2.26. The Kier molecular flexibility index (Phi) is 9.10. The molecule has 0 bridgehead atoms. The van der Waals surface area contributed by atoms with Gasteiger partial charge in [-0.25, -0.2) is 5.11 Å². The van der Waals surface area contributed by atoms with E-state index in [4.69, 9.17) is 0 Å². The number of carbonyl (C=O) groups is 1. The molecule has 77 valence electrons. The van der Waals surface area contributed by atoms with Crippen molar-refractivity contribution in [2.75, 3.05) is 13.2 Å². The molecule has 0 spiro atoms. The van der Waals surface area contributed by atoms with Crippen LogP contribution >= 0.6 is 0 Å². The Morgan fingerprint density at radius 1 is 1.08 bits per heavy atom. The highest BCUT2D eigenvalue weighted by atomic mass is 16.3. The van der Waals surface area contributed by atoms with Crippen LogP contribution in [0.15, 0.2) is 0 Å². The number of nitrogens with one attached hydrogen (secondary N) is 1. The quantitative estimate of drug-likeness (QED) is 0.578. The fourth-order valence-electron chi connectivity index (χ4n) is 1.18. The lowest BCUT2D eigenvalue weighted by molar-refractivity contribution is -0.125.